The van der Waals surface area contributed by atoms with E-state index >= 15 is 0 Å². The van der Waals surface area contributed by atoms with E-state index in [2.05, 4.69) is 15.6 Å². The van der Waals surface area contributed by atoms with Crippen LogP contribution in [0.1, 0.15) is 21.7 Å². The largest absolute Gasteiger partial charge is 0.497 e. The van der Waals surface area contributed by atoms with Gasteiger partial charge in [-0.15, -0.1) is 0 Å². The molecule has 0 spiro atoms. The smallest absolute Gasteiger partial charge is 0.256 e. The molecule has 3 aromatic rings. The fourth-order valence-electron chi connectivity index (χ4n) is 3.75. The summed E-state index contributed by atoms with van der Waals surface area (Å²) in [5, 5.41) is 6.11. The quantitative estimate of drug-likeness (QED) is 0.536. The average molecular weight is 443 g/mol. The second-order valence-electron chi connectivity index (χ2n) is 7.09. The van der Waals surface area contributed by atoms with Crippen molar-refractivity contribution < 1.29 is 23.5 Å². The number of amides is 3. The summed E-state index contributed by atoms with van der Waals surface area (Å²) in [6, 6.07) is 8.52. The van der Waals surface area contributed by atoms with Gasteiger partial charge in [0.1, 0.15) is 11.5 Å². The Hall–Kier alpha value is -3.43. The molecule has 2 N–H and O–H groups in total. The standard InChI is InChI=1S/C21H19ClN4O5/c1-23-21(20(29)25-11-27,17-6-13-5-14(22)8-24-18(13)31-17)10-26-9-12-3-4-15(30-2)7-16(12)19(26)28/h3-8,11,23H,9-10H2,1-2H3,(H,25,27,29)/t21-/m0/s1. The summed E-state index contributed by atoms with van der Waals surface area (Å²) in [5.74, 6) is -0.172. The number of carbonyl (C=O) groups is 3. The number of ether oxygens (including phenoxy) is 1. The van der Waals surface area contributed by atoms with Gasteiger partial charge in [-0.1, -0.05) is 17.7 Å². The summed E-state index contributed by atoms with van der Waals surface area (Å²) < 4.78 is 11.0. The van der Waals surface area contributed by atoms with Gasteiger partial charge in [0, 0.05) is 23.7 Å². The number of hydrogen-bond donors (Lipinski definition) is 2. The van der Waals surface area contributed by atoms with Crippen LogP contribution in [0.25, 0.3) is 11.1 Å². The Balaban J connectivity index is 1.75. The molecule has 31 heavy (non-hydrogen) atoms. The van der Waals surface area contributed by atoms with Crippen molar-refractivity contribution in [3.05, 3.63) is 58.4 Å². The van der Waals surface area contributed by atoms with Crippen molar-refractivity contribution in [3.63, 3.8) is 0 Å². The summed E-state index contributed by atoms with van der Waals surface area (Å²) >= 11 is 6.01. The number of nitrogens with one attached hydrogen (secondary N) is 2. The molecule has 0 fully saturated rings. The van der Waals surface area contributed by atoms with E-state index in [-0.39, 0.29) is 30.3 Å². The lowest BCUT2D eigenvalue weighted by Crippen LogP contribution is -2.58. The summed E-state index contributed by atoms with van der Waals surface area (Å²) in [4.78, 5) is 42.8. The number of imide groups is 1. The monoisotopic (exact) mass is 442 g/mol. The van der Waals surface area contributed by atoms with Crippen LogP contribution in [0, 0.1) is 0 Å². The summed E-state index contributed by atoms with van der Waals surface area (Å²) in [6.45, 7) is 0.201. The molecular weight excluding hydrogens is 424 g/mol. The molecule has 0 aliphatic carbocycles. The topological polar surface area (TPSA) is 114 Å². The number of methoxy groups -OCH3 is 1. The normalized spacial score (nSPS) is 14.9. The van der Waals surface area contributed by atoms with E-state index in [9.17, 15) is 14.4 Å². The first kappa shape index (κ1) is 20.8. The maximum atomic E-state index is 13.1. The van der Waals surface area contributed by atoms with Crippen LogP contribution in [-0.4, -0.2) is 48.8 Å². The maximum Gasteiger partial charge on any atom is 0.256 e. The van der Waals surface area contributed by atoms with E-state index < -0.39 is 11.4 Å². The van der Waals surface area contributed by atoms with Gasteiger partial charge in [0.2, 0.25) is 12.1 Å². The zero-order chi connectivity index (χ0) is 22.2. The molecule has 10 heteroatoms. The minimum atomic E-state index is -1.55. The Kier molecular flexibility index (Phi) is 5.38. The lowest BCUT2D eigenvalue weighted by atomic mass is 9.93. The van der Waals surface area contributed by atoms with Gasteiger partial charge >= 0.3 is 0 Å². The van der Waals surface area contributed by atoms with E-state index in [1.807, 2.05) is 6.07 Å². The number of benzene rings is 1. The number of likely N-dealkylation sites (N-methyl/N-ethyl adjacent to an activating group) is 1. The number of carbonyl (C=O) groups excluding carboxylic acids is 3. The van der Waals surface area contributed by atoms with Crippen molar-refractivity contribution >= 4 is 40.9 Å². The number of pyridine rings is 1. The van der Waals surface area contributed by atoms with Gasteiger partial charge in [-0.25, -0.2) is 4.98 Å². The highest BCUT2D eigenvalue weighted by Crippen LogP contribution is 2.33. The van der Waals surface area contributed by atoms with Gasteiger partial charge in [-0.05, 0) is 36.9 Å². The highest BCUT2D eigenvalue weighted by Gasteiger charge is 2.46. The molecule has 3 amide bonds. The van der Waals surface area contributed by atoms with Gasteiger partial charge < -0.3 is 14.1 Å². The summed E-state index contributed by atoms with van der Waals surface area (Å²) in [6.07, 6.45) is 1.72. The molecule has 4 rings (SSSR count). The number of aromatic nitrogens is 1. The third-order valence-electron chi connectivity index (χ3n) is 5.39. The molecule has 3 heterocycles. The number of nitrogens with zero attached hydrogens (tertiary/aromatic N) is 2. The number of furan rings is 1. The molecule has 2 aromatic heterocycles. The van der Waals surface area contributed by atoms with Crippen molar-refractivity contribution in [1.29, 1.82) is 0 Å². The maximum absolute atomic E-state index is 13.1. The van der Waals surface area contributed by atoms with Crippen molar-refractivity contribution in [2.45, 2.75) is 12.1 Å². The Labute approximate surface area is 182 Å². The molecule has 1 atom stereocenters. The van der Waals surface area contributed by atoms with E-state index in [0.717, 1.165) is 5.56 Å². The zero-order valence-electron chi connectivity index (χ0n) is 16.8. The highest BCUT2D eigenvalue weighted by atomic mass is 35.5. The highest BCUT2D eigenvalue weighted by molar-refractivity contribution is 6.31. The van der Waals surface area contributed by atoms with Crippen LogP contribution in [0.3, 0.4) is 0 Å². The SMILES string of the molecule is CN[C@](CN1Cc2ccc(OC)cc2C1=O)(C(=O)NC=O)c1cc2cc(Cl)cnc2o1. The van der Waals surface area contributed by atoms with Crippen LogP contribution in [0.15, 0.2) is 40.9 Å². The Morgan fingerprint density at radius 1 is 1.39 bits per heavy atom. The van der Waals surface area contributed by atoms with Gasteiger partial charge in [-0.2, -0.15) is 0 Å². The predicted octanol–water partition coefficient (Wildman–Crippen LogP) is 1.83. The molecule has 1 aromatic carbocycles. The number of hydrogen-bond acceptors (Lipinski definition) is 7. The van der Waals surface area contributed by atoms with Crippen LogP contribution < -0.4 is 15.4 Å². The van der Waals surface area contributed by atoms with Crippen LogP contribution in [0.4, 0.5) is 0 Å². The van der Waals surface area contributed by atoms with Crippen molar-refractivity contribution in [2.24, 2.45) is 0 Å². The van der Waals surface area contributed by atoms with Crippen LogP contribution in [0.5, 0.6) is 5.75 Å². The first-order valence-corrected chi connectivity index (χ1v) is 9.75. The van der Waals surface area contributed by atoms with E-state index in [0.29, 0.717) is 28.3 Å². The van der Waals surface area contributed by atoms with Crippen LogP contribution in [0.2, 0.25) is 5.02 Å². The molecular formula is C21H19ClN4O5. The molecule has 0 radical (unpaired) electrons. The molecule has 9 nitrogen and oxygen atoms in total. The van der Waals surface area contributed by atoms with E-state index in [4.69, 9.17) is 20.8 Å². The zero-order valence-corrected chi connectivity index (χ0v) is 17.5. The number of rotatable bonds is 7. The lowest BCUT2D eigenvalue weighted by Gasteiger charge is -2.33. The molecule has 0 unspecified atom stereocenters. The molecule has 160 valence electrons. The predicted molar refractivity (Wildman–Crippen MR) is 112 cm³/mol. The average Bonchev–Trinajstić information content (AvgIpc) is 3.32. The van der Waals surface area contributed by atoms with Gasteiger partial charge in [0.05, 0.1) is 18.7 Å². The molecule has 0 saturated heterocycles. The third kappa shape index (κ3) is 3.51. The van der Waals surface area contributed by atoms with Crippen molar-refractivity contribution in [2.75, 3.05) is 20.7 Å². The Morgan fingerprint density at radius 3 is 2.90 bits per heavy atom. The Morgan fingerprint density at radius 2 is 2.19 bits per heavy atom. The van der Waals surface area contributed by atoms with Gasteiger partial charge in [0.15, 0.2) is 5.54 Å². The van der Waals surface area contributed by atoms with Crippen LogP contribution in [-0.2, 0) is 21.7 Å². The fourth-order valence-corrected chi connectivity index (χ4v) is 3.92. The fraction of sp³-hybridized carbons (Fsp3) is 0.238. The van der Waals surface area contributed by atoms with Crippen molar-refractivity contribution in [3.8, 4) is 5.75 Å². The third-order valence-corrected chi connectivity index (χ3v) is 5.59. The molecule has 1 aliphatic heterocycles. The summed E-state index contributed by atoms with van der Waals surface area (Å²) in [7, 11) is 3.07. The number of fused-ring (bicyclic) bond motifs is 2. The second-order valence-corrected chi connectivity index (χ2v) is 7.53. The van der Waals surface area contributed by atoms with E-state index in [1.165, 1.54) is 18.2 Å². The minimum absolute atomic E-state index is 0.0907. The first-order chi connectivity index (χ1) is 14.9. The summed E-state index contributed by atoms with van der Waals surface area (Å²) in [5.41, 5.74) is 0.0390. The Bertz CT molecular complexity index is 1190. The lowest BCUT2D eigenvalue weighted by molar-refractivity contribution is -0.132. The van der Waals surface area contributed by atoms with Gasteiger partial charge in [0.25, 0.3) is 11.8 Å². The second kappa shape index (κ2) is 8.01. The number of halogens is 1. The molecule has 0 saturated carbocycles. The molecule has 0 bridgehead atoms. The van der Waals surface area contributed by atoms with E-state index in [1.54, 1.807) is 31.3 Å². The molecule has 1 aliphatic rings. The van der Waals surface area contributed by atoms with Crippen LogP contribution >= 0.6 is 11.6 Å². The van der Waals surface area contributed by atoms with Gasteiger partial charge in [-0.3, -0.25) is 25.0 Å². The first-order valence-electron chi connectivity index (χ1n) is 9.37. The van der Waals surface area contributed by atoms with Crippen molar-refractivity contribution in [1.82, 2.24) is 20.5 Å². The minimum Gasteiger partial charge on any atom is -0.497 e.